The molecule has 4 heteroatoms. The molecule has 2 aromatic carbocycles. The summed E-state index contributed by atoms with van der Waals surface area (Å²) in [7, 11) is 1.69. The Morgan fingerprint density at radius 3 is 2.50 bits per heavy atom. The molecule has 2 aromatic rings. The molecule has 1 heterocycles. The Bertz CT molecular complexity index is 598. The molecule has 0 atom stereocenters. The average molecular weight is 303 g/mol. The Balaban J connectivity index is 1.78. The lowest BCUT2D eigenvalue weighted by Crippen LogP contribution is -2.08. The van der Waals surface area contributed by atoms with Crippen molar-refractivity contribution in [3.8, 4) is 5.75 Å². The first-order valence-electron chi connectivity index (χ1n) is 6.56. The first kappa shape index (κ1) is 13.7. The maximum Gasteiger partial charge on any atom is 0.118 e. The Hall–Kier alpha value is -1.26. The molecule has 0 radical (unpaired) electrons. The predicted molar refractivity (Wildman–Crippen MR) is 88.1 cm³/mol. The zero-order valence-corrected chi connectivity index (χ0v) is 13.3. The fourth-order valence-corrected chi connectivity index (χ4v) is 3.91. The van der Waals surface area contributed by atoms with Crippen molar-refractivity contribution >= 4 is 29.4 Å². The van der Waals surface area contributed by atoms with E-state index < -0.39 is 0 Å². The van der Waals surface area contributed by atoms with E-state index in [-0.39, 0.29) is 0 Å². The van der Waals surface area contributed by atoms with Gasteiger partial charge in [0, 0.05) is 22.6 Å². The third kappa shape index (κ3) is 2.76. The van der Waals surface area contributed by atoms with Crippen LogP contribution in [0.1, 0.15) is 5.56 Å². The van der Waals surface area contributed by atoms with Crippen LogP contribution < -0.4 is 9.04 Å². The Labute approximate surface area is 128 Å². The molecule has 0 bridgehead atoms. The molecular weight excluding hydrogens is 286 g/mol. The normalized spacial score (nSPS) is 13.4. The van der Waals surface area contributed by atoms with E-state index in [1.165, 1.54) is 21.0 Å². The third-order valence-electron chi connectivity index (χ3n) is 3.42. The second-order valence-electron chi connectivity index (χ2n) is 4.60. The second-order valence-corrected chi connectivity index (χ2v) is 6.56. The van der Waals surface area contributed by atoms with Gasteiger partial charge in [-0.1, -0.05) is 23.7 Å². The standard InChI is InChI=1S/C16H17NOS2/c1-18-13-3-5-14(6-4-13)20-15-7-8-16-12(11-15)9-10-17(16)19-2/h3-8,11H,9-10H2,1-2H3. The quantitative estimate of drug-likeness (QED) is 0.771. The van der Waals surface area contributed by atoms with Gasteiger partial charge in [-0.15, -0.1) is 0 Å². The van der Waals surface area contributed by atoms with Crippen molar-refractivity contribution in [1.82, 2.24) is 0 Å². The van der Waals surface area contributed by atoms with Gasteiger partial charge in [-0.05, 0) is 54.4 Å². The Kier molecular flexibility index (Phi) is 4.13. The molecule has 1 aliphatic rings. The first-order valence-corrected chi connectivity index (χ1v) is 8.56. The van der Waals surface area contributed by atoms with Gasteiger partial charge in [-0.2, -0.15) is 0 Å². The minimum absolute atomic E-state index is 0.902. The number of hydrogen-bond acceptors (Lipinski definition) is 4. The number of hydrogen-bond donors (Lipinski definition) is 0. The Morgan fingerprint density at radius 2 is 1.80 bits per heavy atom. The van der Waals surface area contributed by atoms with Gasteiger partial charge < -0.3 is 9.04 Å². The van der Waals surface area contributed by atoms with Crippen molar-refractivity contribution in [2.24, 2.45) is 0 Å². The molecule has 0 aliphatic carbocycles. The maximum atomic E-state index is 5.19. The number of benzene rings is 2. The predicted octanol–water partition coefficient (Wildman–Crippen LogP) is 4.49. The SMILES string of the molecule is COc1ccc(Sc2ccc3c(c2)CCN3SC)cc1. The van der Waals surface area contributed by atoms with Gasteiger partial charge in [0.2, 0.25) is 0 Å². The highest BCUT2D eigenvalue weighted by Gasteiger charge is 2.18. The van der Waals surface area contributed by atoms with Crippen molar-refractivity contribution in [2.45, 2.75) is 16.2 Å². The molecule has 2 nitrogen and oxygen atoms in total. The lowest BCUT2D eigenvalue weighted by atomic mass is 10.2. The molecular formula is C16H17NOS2. The molecule has 0 spiro atoms. The third-order valence-corrected chi connectivity index (χ3v) is 5.24. The maximum absolute atomic E-state index is 5.19. The van der Waals surface area contributed by atoms with Gasteiger partial charge in [0.15, 0.2) is 0 Å². The summed E-state index contributed by atoms with van der Waals surface area (Å²) in [4.78, 5) is 2.54. The highest BCUT2D eigenvalue weighted by atomic mass is 32.2. The summed E-state index contributed by atoms with van der Waals surface area (Å²) in [6.45, 7) is 1.12. The molecule has 0 N–H and O–H groups in total. The fourth-order valence-electron chi connectivity index (χ4n) is 2.38. The molecule has 0 aromatic heterocycles. The fraction of sp³-hybridized carbons (Fsp3) is 0.250. The topological polar surface area (TPSA) is 12.5 Å². The molecule has 0 saturated carbocycles. The first-order chi connectivity index (χ1) is 9.80. The highest BCUT2D eigenvalue weighted by Crippen LogP contribution is 2.37. The van der Waals surface area contributed by atoms with Crippen molar-refractivity contribution in [1.29, 1.82) is 0 Å². The molecule has 104 valence electrons. The molecule has 0 fully saturated rings. The van der Waals surface area contributed by atoms with Crippen LogP contribution in [0.15, 0.2) is 52.3 Å². The second kappa shape index (κ2) is 6.02. The molecule has 1 aliphatic heterocycles. The van der Waals surface area contributed by atoms with Gasteiger partial charge in [0.1, 0.15) is 5.75 Å². The van der Waals surface area contributed by atoms with E-state index in [1.807, 2.05) is 12.1 Å². The molecule has 0 unspecified atom stereocenters. The number of fused-ring (bicyclic) bond motifs is 1. The zero-order chi connectivity index (χ0) is 13.9. The molecule has 0 saturated heterocycles. The zero-order valence-electron chi connectivity index (χ0n) is 11.6. The van der Waals surface area contributed by atoms with Gasteiger partial charge in [0.25, 0.3) is 0 Å². The van der Waals surface area contributed by atoms with Crippen LogP contribution in [0.5, 0.6) is 5.75 Å². The van der Waals surface area contributed by atoms with E-state index in [2.05, 4.69) is 40.9 Å². The summed E-state index contributed by atoms with van der Waals surface area (Å²) in [6.07, 6.45) is 3.28. The summed E-state index contributed by atoms with van der Waals surface area (Å²) in [5.74, 6) is 0.902. The average Bonchev–Trinajstić information content (AvgIpc) is 2.90. The van der Waals surface area contributed by atoms with Crippen LogP contribution in [0.25, 0.3) is 0 Å². The van der Waals surface area contributed by atoms with Crippen LogP contribution in [0.4, 0.5) is 5.69 Å². The van der Waals surface area contributed by atoms with Crippen LogP contribution in [0.2, 0.25) is 0 Å². The molecule has 20 heavy (non-hydrogen) atoms. The number of methoxy groups -OCH3 is 1. The van der Waals surface area contributed by atoms with Gasteiger partial charge >= 0.3 is 0 Å². The minimum Gasteiger partial charge on any atom is -0.497 e. The summed E-state index contributed by atoms with van der Waals surface area (Å²) in [5.41, 5.74) is 2.83. The van der Waals surface area contributed by atoms with Crippen molar-refractivity contribution in [3.05, 3.63) is 48.0 Å². The molecule has 0 amide bonds. The summed E-state index contributed by atoms with van der Waals surface area (Å²) in [6, 6.07) is 15.0. The van der Waals surface area contributed by atoms with E-state index in [0.29, 0.717) is 0 Å². The van der Waals surface area contributed by atoms with Gasteiger partial charge in [-0.3, -0.25) is 0 Å². The smallest absolute Gasteiger partial charge is 0.118 e. The summed E-state index contributed by atoms with van der Waals surface area (Å²) in [5, 5.41) is 0. The van der Waals surface area contributed by atoms with E-state index in [1.54, 1.807) is 30.8 Å². The van der Waals surface area contributed by atoms with Gasteiger partial charge in [-0.25, -0.2) is 0 Å². The van der Waals surface area contributed by atoms with Crippen LogP contribution >= 0.6 is 23.7 Å². The Morgan fingerprint density at radius 1 is 1.05 bits per heavy atom. The minimum atomic E-state index is 0.902. The lowest BCUT2D eigenvalue weighted by Gasteiger charge is -2.15. The van der Waals surface area contributed by atoms with Crippen molar-refractivity contribution in [2.75, 3.05) is 24.2 Å². The molecule has 3 rings (SSSR count). The van der Waals surface area contributed by atoms with Crippen LogP contribution in [0, 0.1) is 0 Å². The number of nitrogens with zero attached hydrogens (tertiary/aromatic N) is 1. The summed E-state index contributed by atoms with van der Waals surface area (Å²) >= 11 is 3.60. The highest BCUT2D eigenvalue weighted by molar-refractivity contribution is 8.00. The van der Waals surface area contributed by atoms with Crippen LogP contribution in [0.3, 0.4) is 0 Å². The van der Waals surface area contributed by atoms with E-state index >= 15 is 0 Å². The summed E-state index contributed by atoms with van der Waals surface area (Å²) < 4.78 is 7.55. The van der Waals surface area contributed by atoms with Crippen LogP contribution in [-0.4, -0.2) is 19.9 Å². The number of anilines is 1. The van der Waals surface area contributed by atoms with Gasteiger partial charge in [0.05, 0.1) is 12.8 Å². The van der Waals surface area contributed by atoms with Crippen molar-refractivity contribution in [3.63, 3.8) is 0 Å². The van der Waals surface area contributed by atoms with E-state index in [9.17, 15) is 0 Å². The van der Waals surface area contributed by atoms with Crippen LogP contribution in [-0.2, 0) is 6.42 Å². The number of rotatable bonds is 4. The largest absolute Gasteiger partial charge is 0.497 e. The number of ether oxygens (including phenoxy) is 1. The lowest BCUT2D eigenvalue weighted by molar-refractivity contribution is 0.414. The van der Waals surface area contributed by atoms with E-state index in [0.717, 1.165) is 18.7 Å². The van der Waals surface area contributed by atoms with Crippen molar-refractivity contribution < 1.29 is 4.74 Å². The monoisotopic (exact) mass is 303 g/mol. The van der Waals surface area contributed by atoms with E-state index in [4.69, 9.17) is 4.74 Å².